The summed E-state index contributed by atoms with van der Waals surface area (Å²) >= 11 is 6.34. The zero-order valence-corrected chi connectivity index (χ0v) is 23.6. The van der Waals surface area contributed by atoms with Crippen molar-refractivity contribution < 1.29 is 18.0 Å². The van der Waals surface area contributed by atoms with Gasteiger partial charge in [0.2, 0.25) is 21.8 Å². The maximum Gasteiger partial charge on any atom is 0.242 e. The van der Waals surface area contributed by atoms with Gasteiger partial charge < -0.3 is 10.2 Å². The Labute approximate surface area is 220 Å². The maximum absolute atomic E-state index is 13.4. The number of amides is 2. The largest absolute Gasteiger partial charge is 0.352 e. The van der Waals surface area contributed by atoms with Gasteiger partial charge >= 0.3 is 0 Å². The number of aryl methyl sites for hydroxylation is 2. The summed E-state index contributed by atoms with van der Waals surface area (Å²) in [5.74, 6) is -0.478. The Morgan fingerprint density at radius 3 is 2.36 bits per heavy atom. The van der Waals surface area contributed by atoms with Crippen molar-refractivity contribution in [3.63, 3.8) is 0 Å². The summed E-state index contributed by atoms with van der Waals surface area (Å²) in [4.78, 5) is 27.8. The molecular formula is C27H38ClN3O4S. The molecule has 9 heteroatoms. The monoisotopic (exact) mass is 535 g/mol. The molecule has 0 aromatic heterocycles. The van der Waals surface area contributed by atoms with Gasteiger partial charge in [0.1, 0.15) is 6.04 Å². The van der Waals surface area contributed by atoms with Gasteiger partial charge in [0.15, 0.2) is 0 Å². The molecule has 2 amide bonds. The molecular weight excluding hydrogens is 498 g/mol. The van der Waals surface area contributed by atoms with Crippen molar-refractivity contribution in [2.75, 3.05) is 17.1 Å². The third-order valence-electron chi connectivity index (χ3n) is 6.25. The number of rotatable bonds is 12. The third kappa shape index (κ3) is 8.23. The average Bonchev–Trinajstić information content (AvgIpc) is 2.81. The molecule has 2 rings (SSSR count). The minimum atomic E-state index is -3.55. The summed E-state index contributed by atoms with van der Waals surface area (Å²) < 4.78 is 26.5. The highest BCUT2D eigenvalue weighted by molar-refractivity contribution is 7.92. The van der Waals surface area contributed by atoms with Crippen molar-refractivity contribution in [1.82, 2.24) is 10.2 Å². The van der Waals surface area contributed by atoms with E-state index in [1.54, 1.807) is 13.0 Å². The predicted octanol–water partition coefficient (Wildman–Crippen LogP) is 4.84. The number of sulfonamides is 1. The zero-order chi connectivity index (χ0) is 27.0. The van der Waals surface area contributed by atoms with Crippen LogP contribution in [0.3, 0.4) is 0 Å². The molecule has 0 bridgehead atoms. The van der Waals surface area contributed by atoms with Crippen LogP contribution in [0.4, 0.5) is 5.69 Å². The summed E-state index contributed by atoms with van der Waals surface area (Å²) in [6.07, 6.45) is 2.33. The lowest BCUT2D eigenvalue weighted by Crippen LogP contribution is -2.49. The van der Waals surface area contributed by atoms with Crippen LogP contribution in [0.15, 0.2) is 42.5 Å². The minimum Gasteiger partial charge on any atom is -0.352 e. The number of hydrogen-bond donors (Lipinski definition) is 1. The van der Waals surface area contributed by atoms with E-state index in [-0.39, 0.29) is 37.4 Å². The van der Waals surface area contributed by atoms with Gasteiger partial charge in [-0.05, 0) is 69.4 Å². The molecule has 0 spiro atoms. The van der Waals surface area contributed by atoms with E-state index in [1.807, 2.05) is 64.1 Å². The van der Waals surface area contributed by atoms with Crippen molar-refractivity contribution in [2.45, 2.75) is 72.5 Å². The van der Waals surface area contributed by atoms with Crippen LogP contribution in [0.25, 0.3) is 0 Å². The molecule has 36 heavy (non-hydrogen) atoms. The molecule has 2 aromatic carbocycles. The third-order valence-corrected chi connectivity index (χ3v) is 7.80. The molecule has 198 valence electrons. The Morgan fingerprint density at radius 1 is 1.08 bits per heavy atom. The number of carbonyl (C=O) groups is 2. The Morgan fingerprint density at radius 2 is 1.75 bits per heavy atom. The Balaban J connectivity index is 2.22. The summed E-state index contributed by atoms with van der Waals surface area (Å²) in [5, 5.41) is 3.46. The number of anilines is 1. The molecule has 0 aliphatic rings. The fourth-order valence-electron chi connectivity index (χ4n) is 3.83. The summed E-state index contributed by atoms with van der Waals surface area (Å²) in [5.41, 5.74) is 3.14. The van der Waals surface area contributed by atoms with Crippen molar-refractivity contribution >= 4 is 39.1 Å². The number of benzene rings is 2. The molecule has 0 saturated heterocycles. The molecule has 0 saturated carbocycles. The highest BCUT2D eigenvalue weighted by atomic mass is 35.5. The molecule has 2 unspecified atom stereocenters. The van der Waals surface area contributed by atoms with Crippen molar-refractivity contribution in [3.05, 3.63) is 64.2 Å². The first-order valence-electron chi connectivity index (χ1n) is 12.2. The van der Waals surface area contributed by atoms with Gasteiger partial charge in [-0.25, -0.2) is 8.42 Å². The Bertz CT molecular complexity index is 1170. The van der Waals surface area contributed by atoms with E-state index in [4.69, 9.17) is 11.6 Å². The lowest BCUT2D eigenvalue weighted by molar-refractivity contribution is -0.140. The molecule has 0 fully saturated rings. The molecule has 0 heterocycles. The van der Waals surface area contributed by atoms with Gasteiger partial charge in [0.05, 0.1) is 11.9 Å². The van der Waals surface area contributed by atoms with Crippen LogP contribution in [0.2, 0.25) is 5.02 Å². The standard InChI is InChI=1S/C27H38ClN3O4S/c1-7-21(4)29-27(33)22(5)30(18-23-11-8-9-12-24(23)28)26(32)13-10-16-31(36(6,34)35)25-17-19(2)14-15-20(25)3/h8-9,11-12,14-15,17,21-22H,7,10,13,16,18H2,1-6H3,(H,29,33). The van der Waals surface area contributed by atoms with Gasteiger partial charge in [-0.2, -0.15) is 0 Å². The summed E-state index contributed by atoms with van der Waals surface area (Å²) in [6, 6.07) is 12.1. The van der Waals surface area contributed by atoms with Crippen LogP contribution >= 0.6 is 11.6 Å². The number of halogens is 1. The van der Waals surface area contributed by atoms with E-state index in [1.165, 1.54) is 15.5 Å². The molecule has 1 N–H and O–H groups in total. The second kappa shape index (κ2) is 13.1. The van der Waals surface area contributed by atoms with Crippen LogP contribution in [0, 0.1) is 13.8 Å². The highest BCUT2D eigenvalue weighted by Crippen LogP contribution is 2.25. The van der Waals surface area contributed by atoms with Gasteiger partial charge in [-0.1, -0.05) is 48.9 Å². The van der Waals surface area contributed by atoms with Gasteiger partial charge in [-0.15, -0.1) is 0 Å². The number of hydrogen-bond acceptors (Lipinski definition) is 4. The molecule has 0 aliphatic carbocycles. The van der Waals surface area contributed by atoms with Gasteiger partial charge in [-0.3, -0.25) is 13.9 Å². The number of nitrogens with zero attached hydrogens (tertiary/aromatic N) is 2. The Hall–Kier alpha value is -2.58. The summed E-state index contributed by atoms with van der Waals surface area (Å²) in [7, 11) is -3.55. The van der Waals surface area contributed by atoms with E-state index in [2.05, 4.69) is 5.32 Å². The van der Waals surface area contributed by atoms with E-state index in [9.17, 15) is 18.0 Å². The lowest BCUT2D eigenvalue weighted by Gasteiger charge is -2.30. The highest BCUT2D eigenvalue weighted by Gasteiger charge is 2.28. The second-order valence-electron chi connectivity index (χ2n) is 9.34. The topological polar surface area (TPSA) is 86.8 Å². The van der Waals surface area contributed by atoms with Crippen LogP contribution in [0.5, 0.6) is 0 Å². The molecule has 0 radical (unpaired) electrons. The van der Waals surface area contributed by atoms with Crippen LogP contribution in [-0.4, -0.2) is 50.0 Å². The fourth-order valence-corrected chi connectivity index (χ4v) is 5.04. The average molecular weight is 536 g/mol. The molecule has 0 aliphatic heterocycles. The SMILES string of the molecule is CCC(C)NC(=O)C(C)N(Cc1ccccc1Cl)C(=O)CCCN(c1cc(C)ccc1C)S(C)(=O)=O. The normalized spacial score (nSPS) is 13.1. The van der Waals surface area contributed by atoms with Crippen molar-refractivity contribution in [1.29, 1.82) is 0 Å². The van der Waals surface area contributed by atoms with Gasteiger partial charge in [0.25, 0.3) is 0 Å². The maximum atomic E-state index is 13.4. The second-order valence-corrected chi connectivity index (χ2v) is 11.6. The lowest BCUT2D eigenvalue weighted by atomic mass is 10.1. The van der Waals surface area contributed by atoms with E-state index < -0.39 is 16.1 Å². The first kappa shape index (κ1) is 29.6. The quantitative estimate of drug-likeness (QED) is 0.421. The van der Waals surface area contributed by atoms with Crippen LogP contribution in [-0.2, 0) is 26.2 Å². The first-order valence-corrected chi connectivity index (χ1v) is 14.5. The first-order chi connectivity index (χ1) is 16.8. The molecule has 2 atom stereocenters. The van der Waals surface area contributed by atoms with Crippen molar-refractivity contribution in [3.8, 4) is 0 Å². The number of carbonyl (C=O) groups excluding carboxylic acids is 2. The van der Waals surface area contributed by atoms with E-state index in [0.29, 0.717) is 17.1 Å². The number of nitrogens with one attached hydrogen (secondary N) is 1. The molecule has 7 nitrogen and oxygen atoms in total. The fraction of sp³-hybridized carbons (Fsp3) is 0.481. The molecule has 2 aromatic rings. The Kier molecular flexibility index (Phi) is 10.8. The smallest absolute Gasteiger partial charge is 0.242 e. The van der Waals surface area contributed by atoms with E-state index in [0.717, 1.165) is 23.1 Å². The van der Waals surface area contributed by atoms with Gasteiger partial charge in [0, 0.05) is 30.6 Å². The summed E-state index contributed by atoms with van der Waals surface area (Å²) in [6.45, 7) is 9.70. The minimum absolute atomic E-state index is 0.0156. The van der Waals surface area contributed by atoms with Crippen LogP contribution in [0.1, 0.15) is 56.7 Å². The van der Waals surface area contributed by atoms with Crippen molar-refractivity contribution in [2.24, 2.45) is 0 Å². The zero-order valence-electron chi connectivity index (χ0n) is 22.0. The predicted molar refractivity (Wildman–Crippen MR) is 147 cm³/mol. The van der Waals surface area contributed by atoms with Crippen LogP contribution < -0.4 is 9.62 Å². The van der Waals surface area contributed by atoms with E-state index >= 15 is 0 Å².